The van der Waals surface area contributed by atoms with E-state index in [2.05, 4.69) is 20.9 Å². The van der Waals surface area contributed by atoms with Crippen molar-refractivity contribution in [1.29, 1.82) is 0 Å². The van der Waals surface area contributed by atoms with E-state index in [4.69, 9.17) is 0 Å². The number of aromatic nitrogens is 2. The first kappa shape index (κ1) is 15.1. The van der Waals surface area contributed by atoms with E-state index in [1.807, 2.05) is 6.92 Å². The normalized spacial score (nSPS) is 13.5. The Morgan fingerprint density at radius 2 is 2.10 bits per heavy atom. The summed E-state index contributed by atoms with van der Waals surface area (Å²) >= 11 is 2.87. The lowest BCUT2D eigenvalue weighted by molar-refractivity contribution is -0.138. The monoisotopic (exact) mass is 348 g/mol. The van der Waals surface area contributed by atoms with Crippen molar-refractivity contribution in [3.63, 3.8) is 0 Å². The van der Waals surface area contributed by atoms with E-state index in [-0.39, 0.29) is 10.0 Å². The van der Waals surface area contributed by atoms with Crippen LogP contribution in [0.5, 0.6) is 0 Å². The molecule has 1 aromatic carbocycles. The molecule has 0 aliphatic carbocycles. The number of nitrogens with zero attached hydrogens (tertiary/aromatic N) is 2. The molecule has 108 valence electrons. The molecule has 1 N–H and O–H groups in total. The van der Waals surface area contributed by atoms with E-state index in [9.17, 15) is 18.3 Å². The second-order valence-electron chi connectivity index (χ2n) is 4.21. The lowest BCUT2D eigenvalue weighted by Crippen LogP contribution is -2.11. The second kappa shape index (κ2) is 5.57. The average Bonchev–Trinajstić information content (AvgIpc) is 2.85. The summed E-state index contributed by atoms with van der Waals surface area (Å²) in [7, 11) is 0. The number of benzene rings is 1. The molecule has 3 nitrogen and oxygen atoms in total. The van der Waals surface area contributed by atoms with Crippen LogP contribution >= 0.6 is 15.9 Å². The highest BCUT2D eigenvalue weighted by molar-refractivity contribution is 9.10. The van der Waals surface area contributed by atoms with Crippen LogP contribution < -0.4 is 0 Å². The number of aliphatic hydroxyl groups excluding tert-OH is 1. The molecule has 2 aromatic rings. The van der Waals surface area contributed by atoms with Gasteiger partial charge in [0, 0.05) is 23.4 Å². The van der Waals surface area contributed by atoms with Crippen LogP contribution in [0, 0.1) is 0 Å². The van der Waals surface area contributed by atoms with Crippen molar-refractivity contribution in [3.8, 4) is 0 Å². The molecule has 0 saturated carbocycles. The molecule has 0 saturated heterocycles. The number of aliphatic hydroxyl groups is 1. The number of imidazole rings is 1. The Kier molecular flexibility index (Phi) is 4.19. The van der Waals surface area contributed by atoms with Gasteiger partial charge in [-0.3, -0.25) is 0 Å². The van der Waals surface area contributed by atoms with Crippen LogP contribution in [-0.4, -0.2) is 14.7 Å². The predicted molar refractivity (Wildman–Crippen MR) is 71.1 cm³/mol. The SMILES string of the molecule is CCn1ccnc1C(O)c1ccc(Br)c(C(F)(F)F)c1. The van der Waals surface area contributed by atoms with Gasteiger partial charge in [-0.1, -0.05) is 22.0 Å². The van der Waals surface area contributed by atoms with Crippen LogP contribution in [0.2, 0.25) is 0 Å². The Labute approximate surface area is 122 Å². The van der Waals surface area contributed by atoms with Gasteiger partial charge in [0.25, 0.3) is 0 Å². The Balaban J connectivity index is 2.43. The van der Waals surface area contributed by atoms with Crippen LogP contribution in [0.4, 0.5) is 13.2 Å². The van der Waals surface area contributed by atoms with Crippen molar-refractivity contribution in [2.45, 2.75) is 25.7 Å². The molecule has 0 radical (unpaired) electrons. The topological polar surface area (TPSA) is 38.0 Å². The van der Waals surface area contributed by atoms with Crippen LogP contribution in [0.15, 0.2) is 35.1 Å². The third kappa shape index (κ3) is 2.88. The Hall–Kier alpha value is -1.34. The van der Waals surface area contributed by atoms with Gasteiger partial charge in [0.1, 0.15) is 11.9 Å². The van der Waals surface area contributed by atoms with Crippen molar-refractivity contribution in [2.75, 3.05) is 0 Å². The number of aryl methyl sites for hydroxylation is 1. The minimum atomic E-state index is -4.48. The fourth-order valence-corrected chi connectivity index (χ4v) is 2.39. The van der Waals surface area contributed by atoms with Gasteiger partial charge in [0.15, 0.2) is 0 Å². The predicted octanol–water partition coefficient (Wildman–Crippen LogP) is 3.77. The zero-order chi connectivity index (χ0) is 14.9. The van der Waals surface area contributed by atoms with Crippen molar-refractivity contribution in [1.82, 2.24) is 9.55 Å². The molecule has 1 atom stereocenters. The smallest absolute Gasteiger partial charge is 0.380 e. The molecule has 2 rings (SSSR count). The summed E-state index contributed by atoms with van der Waals surface area (Å²) in [4.78, 5) is 4.00. The average molecular weight is 349 g/mol. The molecular formula is C13H12BrF3N2O. The summed E-state index contributed by atoms with van der Waals surface area (Å²) in [6, 6.07) is 3.66. The largest absolute Gasteiger partial charge is 0.417 e. The fraction of sp³-hybridized carbons (Fsp3) is 0.308. The van der Waals surface area contributed by atoms with Gasteiger partial charge >= 0.3 is 6.18 Å². The maximum absolute atomic E-state index is 12.8. The third-order valence-corrected chi connectivity index (χ3v) is 3.64. The van der Waals surface area contributed by atoms with Gasteiger partial charge in [-0.15, -0.1) is 0 Å². The highest BCUT2D eigenvalue weighted by atomic mass is 79.9. The van der Waals surface area contributed by atoms with Crippen LogP contribution in [0.3, 0.4) is 0 Å². The molecule has 0 fully saturated rings. The highest BCUT2D eigenvalue weighted by Crippen LogP contribution is 2.36. The zero-order valence-corrected chi connectivity index (χ0v) is 12.1. The molecule has 0 bridgehead atoms. The Morgan fingerprint density at radius 1 is 1.40 bits per heavy atom. The standard InChI is InChI=1S/C13H12BrF3N2O/c1-2-19-6-5-18-12(19)11(20)8-3-4-10(14)9(7-8)13(15,16)17/h3-7,11,20H,2H2,1H3. The quantitative estimate of drug-likeness (QED) is 0.916. The number of hydrogen-bond acceptors (Lipinski definition) is 2. The summed E-state index contributed by atoms with van der Waals surface area (Å²) in [5.41, 5.74) is -0.662. The first-order valence-corrected chi connectivity index (χ1v) is 6.69. The number of rotatable bonds is 3. The van der Waals surface area contributed by atoms with E-state index >= 15 is 0 Å². The second-order valence-corrected chi connectivity index (χ2v) is 5.07. The Morgan fingerprint density at radius 3 is 2.70 bits per heavy atom. The molecule has 7 heteroatoms. The fourth-order valence-electron chi connectivity index (χ4n) is 1.92. The van der Waals surface area contributed by atoms with Gasteiger partial charge in [-0.25, -0.2) is 4.98 Å². The van der Waals surface area contributed by atoms with Crippen molar-refractivity contribution >= 4 is 15.9 Å². The van der Waals surface area contributed by atoms with Crippen LogP contribution in [0.25, 0.3) is 0 Å². The van der Waals surface area contributed by atoms with Gasteiger partial charge in [0.05, 0.1) is 5.56 Å². The lowest BCUT2D eigenvalue weighted by Gasteiger charge is -2.15. The number of alkyl halides is 3. The molecular weight excluding hydrogens is 337 g/mol. The molecule has 0 spiro atoms. The third-order valence-electron chi connectivity index (χ3n) is 2.94. The minimum Gasteiger partial charge on any atom is -0.380 e. The van der Waals surface area contributed by atoms with E-state index in [0.717, 1.165) is 6.07 Å². The van der Waals surface area contributed by atoms with E-state index < -0.39 is 17.8 Å². The lowest BCUT2D eigenvalue weighted by atomic mass is 10.1. The van der Waals surface area contributed by atoms with Gasteiger partial charge in [0.2, 0.25) is 0 Å². The molecule has 1 unspecified atom stereocenters. The molecule has 20 heavy (non-hydrogen) atoms. The van der Waals surface area contributed by atoms with E-state index in [1.54, 1.807) is 10.8 Å². The molecule has 1 aromatic heterocycles. The summed E-state index contributed by atoms with van der Waals surface area (Å²) < 4.78 is 40.2. The minimum absolute atomic E-state index is 0.0558. The van der Waals surface area contributed by atoms with Gasteiger partial charge < -0.3 is 9.67 Å². The first-order chi connectivity index (χ1) is 9.34. The van der Waals surface area contributed by atoms with E-state index in [0.29, 0.717) is 12.4 Å². The van der Waals surface area contributed by atoms with Crippen molar-refractivity contribution < 1.29 is 18.3 Å². The summed E-state index contributed by atoms with van der Waals surface area (Å²) in [5.74, 6) is 0.322. The number of hydrogen-bond donors (Lipinski definition) is 1. The molecule has 0 amide bonds. The van der Waals surface area contributed by atoms with Gasteiger partial charge in [-0.2, -0.15) is 13.2 Å². The highest BCUT2D eigenvalue weighted by Gasteiger charge is 2.33. The maximum atomic E-state index is 12.8. The molecule has 0 aliphatic heterocycles. The molecule has 0 aliphatic rings. The summed E-state index contributed by atoms with van der Waals surface area (Å²) in [5, 5.41) is 10.2. The summed E-state index contributed by atoms with van der Waals surface area (Å²) in [6.07, 6.45) is -2.50. The Bertz CT molecular complexity index is 610. The first-order valence-electron chi connectivity index (χ1n) is 5.90. The summed E-state index contributed by atoms with van der Waals surface area (Å²) in [6.45, 7) is 2.44. The van der Waals surface area contributed by atoms with Crippen LogP contribution in [0.1, 0.15) is 30.0 Å². The maximum Gasteiger partial charge on any atom is 0.417 e. The molecule has 1 heterocycles. The van der Waals surface area contributed by atoms with Crippen molar-refractivity contribution in [2.24, 2.45) is 0 Å². The van der Waals surface area contributed by atoms with Crippen LogP contribution in [-0.2, 0) is 12.7 Å². The number of halogens is 4. The van der Waals surface area contributed by atoms with Gasteiger partial charge in [-0.05, 0) is 24.6 Å². The van der Waals surface area contributed by atoms with Crippen molar-refractivity contribution in [3.05, 3.63) is 52.0 Å². The van der Waals surface area contributed by atoms with E-state index in [1.165, 1.54) is 18.3 Å². The zero-order valence-electron chi connectivity index (χ0n) is 10.5.